The second kappa shape index (κ2) is 31.1. The molecule has 0 aliphatic rings. The maximum Gasteiger partial charge on any atom is 0.315 e. The first-order chi connectivity index (χ1) is 39.5. The van der Waals surface area contributed by atoms with Gasteiger partial charge < -0.3 is 35.0 Å². The average Bonchev–Trinajstić information content (AvgIpc) is 1.27. The molecule has 0 heterocycles. The summed E-state index contributed by atoms with van der Waals surface area (Å²) >= 11 is -4.49. The molecule has 0 saturated heterocycles. The molecule has 12 heteroatoms. The molecule has 0 aliphatic heterocycles. The van der Waals surface area contributed by atoms with Crippen molar-refractivity contribution in [3.8, 4) is 0 Å². The van der Waals surface area contributed by atoms with E-state index >= 15 is 0 Å². The van der Waals surface area contributed by atoms with Gasteiger partial charge in [-0.3, -0.25) is 4.79 Å². The molecule has 84 heavy (non-hydrogen) atoms. The molecule has 0 bridgehead atoms. The van der Waals surface area contributed by atoms with Gasteiger partial charge in [-0.25, -0.2) is 0 Å². The Bertz CT molecular complexity index is 2410. The number of thiol groups is 1. The van der Waals surface area contributed by atoms with Gasteiger partial charge in [0.1, 0.15) is 6.61 Å². The van der Waals surface area contributed by atoms with Crippen molar-refractivity contribution in [2.24, 2.45) is 10.8 Å². The van der Waals surface area contributed by atoms with Gasteiger partial charge in [0.2, 0.25) is 0 Å². The van der Waals surface area contributed by atoms with Crippen LogP contribution < -0.4 is 0 Å². The number of esters is 1. The number of hydrogen-bond acceptors (Lipinski definition) is 10. The Morgan fingerprint density at radius 1 is 0.345 bits per heavy atom. The fraction of sp³-hybridized carbons (Fsp3) is 0.486. The summed E-state index contributed by atoms with van der Waals surface area (Å²) in [5, 5.41) is 46.2. The van der Waals surface area contributed by atoms with E-state index in [9.17, 15) is 16.4 Å². The second-order valence-corrected chi connectivity index (χ2v) is 52.5. The molecule has 0 unspecified atom stereocenters. The first-order valence-electron chi connectivity index (χ1n) is 30.0. The van der Waals surface area contributed by atoms with Crippen LogP contribution in [0.5, 0.6) is 0 Å². The number of aliphatic hydroxyl groups excluding tert-OH is 5. The predicted molar refractivity (Wildman–Crippen MR) is 354 cm³/mol. The maximum atomic E-state index is 11.1. The summed E-state index contributed by atoms with van der Waals surface area (Å²) in [5.74, 6) is -0.726. The molecule has 6 aromatic carbocycles. The molecular formula is C72H102O9SSn2. The van der Waals surface area contributed by atoms with Gasteiger partial charge in [-0.2, -0.15) is 12.6 Å². The smallest absolute Gasteiger partial charge is 0.315 e. The van der Waals surface area contributed by atoms with Crippen LogP contribution in [0, 0.1) is 10.8 Å². The first-order valence-corrected chi connectivity index (χ1v) is 45.0. The van der Waals surface area contributed by atoms with Crippen molar-refractivity contribution >= 4 is 56.2 Å². The van der Waals surface area contributed by atoms with Crippen molar-refractivity contribution in [2.75, 3.05) is 58.6 Å². The van der Waals surface area contributed by atoms with Crippen LogP contribution in [0.25, 0.3) is 0 Å². The quantitative estimate of drug-likeness (QED) is 0.0138. The number of ether oxygens (including phenoxy) is 2. The third-order valence-corrected chi connectivity index (χ3v) is 63.0. The summed E-state index contributed by atoms with van der Waals surface area (Å²) in [6.07, 6.45) is 0. The van der Waals surface area contributed by atoms with E-state index in [1.807, 2.05) is 0 Å². The summed E-state index contributed by atoms with van der Waals surface area (Å²) < 4.78 is 26.2. The van der Waals surface area contributed by atoms with Gasteiger partial charge in [-0.1, -0.05) is 0 Å². The van der Waals surface area contributed by atoms with Crippen LogP contribution >= 0.6 is 12.6 Å². The Balaban J connectivity index is 0.000000521. The fourth-order valence-electron chi connectivity index (χ4n) is 13.2. The summed E-state index contributed by atoms with van der Waals surface area (Å²) in [4.78, 5) is 11.1. The molecule has 458 valence electrons. The Morgan fingerprint density at radius 3 is 0.738 bits per heavy atom. The summed E-state index contributed by atoms with van der Waals surface area (Å²) in [7, 11) is 0. The molecule has 0 fully saturated rings. The van der Waals surface area contributed by atoms with E-state index in [1.54, 1.807) is 0 Å². The van der Waals surface area contributed by atoms with E-state index in [0.717, 1.165) is 26.6 Å². The SMILES string of the molecule is CC(C)([CH2][Sn]([CH2]C(C)(C)c1ccccc1)([CH2]C(C)(C)c1ccccc1)[O][Sn]([CH2]C(C)(C)c1ccccc1)([CH2]C(C)(C)c1ccccc1)[CH2]C(C)(C)c1ccccc1)c1ccccc1.O=C(CS)OCC(CO)(CO)COCC(CO)(CO)CO. The van der Waals surface area contributed by atoms with Crippen molar-refractivity contribution < 1.29 is 41.2 Å². The minimum absolute atomic E-state index is 0.0900. The number of carbonyl (C=O) groups excluding carboxylic acids is 1. The number of benzene rings is 6. The molecule has 0 radical (unpaired) electrons. The van der Waals surface area contributed by atoms with Gasteiger partial charge >= 0.3 is 403 Å². The van der Waals surface area contributed by atoms with Gasteiger partial charge in [0.15, 0.2) is 0 Å². The topological polar surface area (TPSA) is 146 Å². The zero-order valence-electron chi connectivity index (χ0n) is 52.7. The predicted octanol–water partition coefficient (Wildman–Crippen LogP) is 14.2. The minimum atomic E-state index is -4.11. The molecule has 0 aliphatic carbocycles. The van der Waals surface area contributed by atoms with Crippen LogP contribution in [-0.2, 0) is 48.2 Å². The van der Waals surface area contributed by atoms with E-state index < -0.39 is 87.4 Å². The Kier molecular flexibility index (Phi) is 26.3. The molecular weight excluding hydrogens is 1280 g/mol. The van der Waals surface area contributed by atoms with Crippen molar-refractivity contribution in [1.82, 2.24) is 0 Å². The van der Waals surface area contributed by atoms with Crippen molar-refractivity contribution in [3.63, 3.8) is 0 Å². The summed E-state index contributed by atoms with van der Waals surface area (Å²) in [6.45, 7) is 27.4. The number of carbonyl (C=O) groups is 1. The Labute approximate surface area is 520 Å². The summed E-state index contributed by atoms with van der Waals surface area (Å²) in [5.41, 5.74) is 5.57. The second-order valence-electron chi connectivity index (χ2n) is 28.1. The molecule has 0 aromatic heterocycles. The van der Waals surface area contributed by atoms with E-state index in [1.165, 1.54) is 33.4 Å². The molecule has 9 nitrogen and oxygen atoms in total. The third kappa shape index (κ3) is 20.0. The molecule has 5 N–H and O–H groups in total. The first kappa shape index (κ1) is 71.2. The number of hydrogen-bond donors (Lipinski definition) is 6. The van der Waals surface area contributed by atoms with Gasteiger partial charge in [-0.15, -0.1) is 0 Å². The van der Waals surface area contributed by atoms with Crippen molar-refractivity contribution in [3.05, 3.63) is 215 Å². The van der Waals surface area contributed by atoms with E-state index in [-0.39, 0.29) is 58.1 Å². The van der Waals surface area contributed by atoms with Crippen LogP contribution in [0.15, 0.2) is 182 Å². The monoisotopic (exact) mass is 1380 g/mol. The van der Waals surface area contributed by atoms with Gasteiger partial charge in [0.25, 0.3) is 0 Å². The van der Waals surface area contributed by atoms with Crippen LogP contribution in [0.1, 0.15) is 116 Å². The standard InChI is InChI=1S/C12H24O8S.6C10H13.O.2Sn/c13-2-11(3-14,4-15)7-19-8-12(5-16,6-17)9-20-10(18)1-21;6*1-10(2,3)9-7-5-4-6-8-9;;;/h13-17,21H,1-9H2;6*4-8H,1H2,2-3H3;;;. The van der Waals surface area contributed by atoms with E-state index in [0.29, 0.717) is 0 Å². The van der Waals surface area contributed by atoms with Gasteiger partial charge in [-0.05, 0) is 0 Å². The maximum absolute atomic E-state index is 11.1. The zero-order valence-corrected chi connectivity index (χ0v) is 59.3. The molecule has 0 atom stereocenters. The van der Waals surface area contributed by atoms with E-state index in [4.69, 9.17) is 24.8 Å². The van der Waals surface area contributed by atoms with Crippen LogP contribution in [0.2, 0.25) is 26.6 Å². The Hall–Kier alpha value is -3.54. The zero-order chi connectivity index (χ0) is 62.0. The minimum Gasteiger partial charge on any atom is -0.464 e. The van der Waals surface area contributed by atoms with Crippen LogP contribution in [-0.4, -0.2) is 128 Å². The molecule has 6 aromatic rings. The van der Waals surface area contributed by atoms with Crippen molar-refractivity contribution in [2.45, 2.75) is 142 Å². The number of rotatable bonds is 32. The van der Waals surface area contributed by atoms with Crippen LogP contribution in [0.4, 0.5) is 0 Å². The van der Waals surface area contributed by atoms with Gasteiger partial charge in [0.05, 0.1) is 62.8 Å². The molecule has 0 amide bonds. The largest absolute Gasteiger partial charge is 0.464 e. The normalized spacial score (nSPS) is 13.3. The van der Waals surface area contributed by atoms with Crippen LogP contribution in [0.3, 0.4) is 0 Å². The average molecular weight is 1380 g/mol. The molecule has 6 rings (SSSR count). The van der Waals surface area contributed by atoms with Crippen molar-refractivity contribution in [1.29, 1.82) is 0 Å². The van der Waals surface area contributed by atoms with Gasteiger partial charge in [0, 0.05) is 0 Å². The van der Waals surface area contributed by atoms with E-state index in [2.05, 4.69) is 278 Å². The Morgan fingerprint density at radius 2 is 0.548 bits per heavy atom. The fourth-order valence-corrected chi connectivity index (χ4v) is 76.2. The molecule has 0 spiro atoms. The molecule has 0 saturated carbocycles. The number of aliphatic hydroxyl groups is 5. The third-order valence-electron chi connectivity index (χ3n) is 17.5. The summed E-state index contributed by atoms with van der Waals surface area (Å²) in [6, 6.07) is 68.6.